The van der Waals surface area contributed by atoms with Crippen LogP contribution >= 0.6 is 0 Å². The van der Waals surface area contributed by atoms with Gasteiger partial charge in [0, 0.05) is 18.0 Å². The summed E-state index contributed by atoms with van der Waals surface area (Å²) < 4.78 is 5.60. The molecular weight excluding hydrogens is 210 g/mol. The van der Waals surface area contributed by atoms with Gasteiger partial charge in [-0.15, -0.1) is 0 Å². The smallest absolute Gasteiger partial charge is 0.108 e. The molecule has 3 rings (SSSR count). The molecule has 0 aliphatic heterocycles. The molecule has 1 aromatic rings. The van der Waals surface area contributed by atoms with Gasteiger partial charge in [0.05, 0.1) is 6.26 Å². The summed E-state index contributed by atoms with van der Waals surface area (Å²) in [5.74, 6) is 3.98. The van der Waals surface area contributed by atoms with E-state index in [1.807, 2.05) is 6.26 Å². The number of furan rings is 1. The first kappa shape index (κ1) is 11.3. The van der Waals surface area contributed by atoms with Gasteiger partial charge in [0.2, 0.25) is 0 Å². The first-order valence-electron chi connectivity index (χ1n) is 7.07. The highest BCUT2D eigenvalue weighted by molar-refractivity contribution is 5.23. The molecule has 4 atom stereocenters. The minimum atomic E-state index is 0.513. The third-order valence-corrected chi connectivity index (χ3v) is 4.97. The van der Waals surface area contributed by atoms with Gasteiger partial charge in [-0.2, -0.15) is 0 Å². The molecule has 2 aliphatic carbocycles. The van der Waals surface area contributed by atoms with Crippen LogP contribution in [-0.4, -0.2) is 7.05 Å². The van der Waals surface area contributed by atoms with Crippen LogP contribution in [0.2, 0.25) is 0 Å². The van der Waals surface area contributed by atoms with Crippen molar-refractivity contribution in [2.24, 2.45) is 17.8 Å². The molecule has 2 nitrogen and oxygen atoms in total. The summed E-state index contributed by atoms with van der Waals surface area (Å²) in [6.07, 6.45) is 8.68. The number of aryl methyl sites for hydroxylation is 1. The van der Waals surface area contributed by atoms with Crippen LogP contribution in [0.25, 0.3) is 0 Å². The fourth-order valence-electron chi connectivity index (χ4n) is 4.22. The predicted octanol–water partition coefficient (Wildman–Crippen LogP) is 3.54. The fourth-order valence-corrected chi connectivity index (χ4v) is 4.22. The normalized spacial score (nSPS) is 33.2. The van der Waals surface area contributed by atoms with Crippen LogP contribution in [-0.2, 0) is 6.42 Å². The first-order valence-corrected chi connectivity index (χ1v) is 7.07. The average molecular weight is 233 g/mol. The molecule has 2 heteroatoms. The lowest BCUT2D eigenvalue weighted by Gasteiger charge is -2.30. The van der Waals surface area contributed by atoms with Crippen molar-refractivity contribution in [3.05, 3.63) is 23.7 Å². The highest BCUT2D eigenvalue weighted by Crippen LogP contribution is 2.52. The number of fused-ring (bicyclic) bond motifs is 2. The summed E-state index contributed by atoms with van der Waals surface area (Å²) >= 11 is 0. The van der Waals surface area contributed by atoms with Crippen molar-refractivity contribution in [2.75, 3.05) is 7.05 Å². The molecule has 2 aliphatic rings. The summed E-state index contributed by atoms with van der Waals surface area (Å²) in [4.78, 5) is 0. The van der Waals surface area contributed by atoms with E-state index in [2.05, 4.69) is 25.4 Å². The Bertz CT molecular complexity index is 384. The highest BCUT2D eigenvalue weighted by Gasteiger charge is 2.43. The van der Waals surface area contributed by atoms with Gasteiger partial charge in [-0.3, -0.25) is 0 Å². The lowest BCUT2D eigenvalue weighted by atomic mass is 9.80. The van der Waals surface area contributed by atoms with Gasteiger partial charge >= 0.3 is 0 Å². The first-order chi connectivity index (χ1) is 8.33. The Kier molecular flexibility index (Phi) is 2.99. The van der Waals surface area contributed by atoms with Crippen molar-refractivity contribution in [1.29, 1.82) is 0 Å². The quantitative estimate of drug-likeness (QED) is 0.860. The number of rotatable bonds is 4. The van der Waals surface area contributed by atoms with E-state index in [-0.39, 0.29) is 0 Å². The molecule has 2 fully saturated rings. The van der Waals surface area contributed by atoms with E-state index in [1.165, 1.54) is 37.0 Å². The molecule has 1 aromatic heterocycles. The van der Waals surface area contributed by atoms with E-state index >= 15 is 0 Å². The lowest BCUT2D eigenvalue weighted by molar-refractivity contribution is 0.257. The molecule has 0 aromatic carbocycles. The molecule has 1 N–H and O–H groups in total. The van der Waals surface area contributed by atoms with E-state index in [4.69, 9.17) is 4.42 Å². The van der Waals surface area contributed by atoms with Gasteiger partial charge in [-0.25, -0.2) is 0 Å². The molecule has 1 heterocycles. The number of nitrogens with one attached hydrogen (secondary N) is 1. The van der Waals surface area contributed by atoms with Gasteiger partial charge in [0.15, 0.2) is 0 Å². The topological polar surface area (TPSA) is 25.2 Å². The largest absolute Gasteiger partial charge is 0.469 e. The van der Waals surface area contributed by atoms with Crippen LogP contribution in [0.4, 0.5) is 0 Å². The van der Waals surface area contributed by atoms with E-state index in [1.54, 1.807) is 0 Å². The number of hydrogen-bond donors (Lipinski definition) is 1. The van der Waals surface area contributed by atoms with Gasteiger partial charge in [-0.05, 0) is 50.1 Å². The van der Waals surface area contributed by atoms with Gasteiger partial charge < -0.3 is 9.73 Å². The molecule has 0 saturated heterocycles. The van der Waals surface area contributed by atoms with Crippen molar-refractivity contribution >= 4 is 0 Å². The minimum Gasteiger partial charge on any atom is -0.469 e. The van der Waals surface area contributed by atoms with Crippen LogP contribution in [0.5, 0.6) is 0 Å². The van der Waals surface area contributed by atoms with Crippen LogP contribution < -0.4 is 5.32 Å². The van der Waals surface area contributed by atoms with Crippen LogP contribution in [0.1, 0.15) is 50.0 Å². The molecule has 0 amide bonds. The Labute approximate surface area is 104 Å². The maximum Gasteiger partial charge on any atom is 0.108 e. The standard InChI is InChI=1S/C15H23NO/c1-3-14-12(6-7-17-14)15(16-2)13-9-10-4-5-11(13)8-10/h6-7,10-11,13,15-16H,3-5,8-9H2,1-2H3. The summed E-state index contributed by atoms with van der Waals surface area (Å²) in [7, 11) is 2.10. The molecule has 17 heavy (non-hydrogen) atoms. The van der Waals surface area contributed by atoms with E-state index in [0.717, 1.165) is 24.2 Å². The highest BCUT2D eigenvalue weighted by atomic mass is 16.3. The van der Waals surface area contributed by atoms with Crippen molar-refractivity contribution < 1.29 is 4.42 Å². The van der Waals surface area contributed by atoms with Crippen molar-refractivity contribution in [2.45, 2.75) is 45.1 Å². The molecule has 4 unspecified atom stereocenters. The van der Waals surface area contributed by atoms with Crippen molar-refractivity contribution in [3.8, 4) is 0 Å². The Balaban J connectivity index is 1.84. The zero-order valence-corrected chi connectivity index (χ0v) is 10.9. The Morgan fingerprint density at radius 2 is 2.29 bits per heavy atom. The zero-order valence-electron chi connectivity index (χ0n) is 10.9. The van der Waals surface area contributed by atoms with Crippen LogP contribution in [0, 0.1) is 17.8 Å². The Morgan fingerprint density at radius 1 is 1.41 bits per heavy atom. The van der Waals surface area contributed by atoms with Crippen molar-refractivity contribution in [3.63, 3.8) is 0 Å². The third kappa shape index (κ3) is 1.83. The lowest BCUT2D eigenvalue weighted by Crippen LogP contribution is -2.29. The van der Waals surface area contributed by atoms with E-state index < -0.39 is 0 Å². The Hall–Kier alpha value is -0.760. The second kappa shape index (κ2) is 4.49. The summed E-state index contributed by atoms with van der Waals surface area (Å²) in [6.45, 7) is 2.18. The summed E-state index contributed by atoms with van der Waals surface area (Å²) in [6, 6.07) is 2.69. The van der Waals surface area contributed by atoms with Crippen LogP contribution in [0.15, 0.2) is 16.7 Å². The van der Waals surface area contributed by atoms with E-state index in [0.29, 0.717) is 6.04 Å². The van der Waals surface area contributed by atoms with Crippen LogP contribution in [0.3, 0.4) is 0 Å². The second-order valence-electron chi connectivity index (χ2n) is 5.76. The molecule has 0 spiro atoms. The molecule has 0 radical (unpaired) electrons. The number of hydrogen-bond acceptors (Lipinski definition) is 2. The van der Waals surface area contributed by atoms with Gasteiger partial charge in [0.25, 0.3) is 0 Å². The zero-order chi connectivity index (χ0) is 11.8. The molecular formula is C15H23NO. The maximum atomic E-state index is 5.60. The molecule has 2 saturated carbocycles. The average Bonchev–Trinajstić information content (AvgIpc) is 3.05. The Morgan fingerprint density at radius 3 is 2.88 bits per heavy atom. The summed E-state index contributed by atoms with van der Waals surface area (Å²) in [5.41, 5.74) is 1.41. The minimum absolute atomic E-state index is 0.513. The second-order valence-corrected chi connectivity index (χ2v) is 5.76. The van der Waals surface area contributed by atoms with Gasteiger partial charge in [0.1, 0.15) is 5.76 Å². The van der Waals surface area contributed by atoms with Crippen molar-refractivity contribution in [1.82, 2.24) is 5.32 Å². The fraction of sp³-hybridized carbons (Fsp3) is 0.733. The maximum absolute atomic E-state index is 5.60. The monoisotopic (exact) mass is 233 g/mol. The third-order valence-electron chi connectivity index (χ3n) is 4.97. The van der Waals surface area contributed by atoms with E-state index in [9.17, 15) is 0 Å². The molecule has 94 valence electrons. The van der Waals surface area contributed by atoms with Gasteiger partial charge in [-0.1, -0.05) is 13.3 Å². The predicted molar refractivity (Wildman–Crippen MR) is 68.8 cm³/mol. The molecule has 2 bridgehead atoms. The SMILES string of the molecule is CCc1occc1C(NC)C1CC2CCC1C2. The summed E-state index contributed by atoms with van der Waals surface area (Å²) in [5, 5.41) is 3.55.